The highest BCUT2D eigenvalue weighted by molar-refractivity contribution is 7.19. The van der Waals surface area contributed by atoms with Crippen molar-refractivity contribution in [3.8, 4) is 17.7 Å². The normalized spacial score (nSPS) is 12.8. The van der Waals surface area contributed by atoms with Crippen LogP contribution in [0.15, 0.2) is 72.8 Å². The Bertz CT molecular complexity index is 1310. The second-order valence-electron chi connectivity index (χ2n) is 7.81. The van der Waals surface area contributed by atoms with Crippen molar-refractivity contribution >= 4 is 27.4 Å². The first-order chi connectivity index (χ1) is 15.9. The Morgan fingerprint density at radius 1 is 1.06 bits per heavy atom. The minimum Gasteiger partial charge on any atom is -0.440 e. The van der Waals surface area contributed by atoms with Crippen molar-refractivity contribution in [2.45, 2.75) is 25.9 Å². The molecule has 0 amide bonds. The Morgan fingerprint density at radius 3 is 2.58 bits per heavy atom. The van der Waals surface area contributed by atoms with Crippen LogP contribution in [0.5, 0.6) is 11.6 Å². The molecule has 0 bridgehead atoms. The second kappa shape index (κ2) is 9.80. The van der Waals surface area contributed by atoms with Gasteiger partial charge in [0.25, 0.3) is 0 Å². The average Bonchev–Trinajstić information content (AvgIpc) is 3.20. The molecular weight excluding hydrogens is 439 g/mol. The summed E-state index contributed by atoms with van der Waals surface area (Å²) in [6.45, 7) is 3.82. The van der Waals surface area contributed by atoms with Gasteiger partial charge in [0.2, 0.25) is 12.0 Å². The number of hydrogen-bond donors (Lipinski definition) is 0. The third kappa shape index (κ3) is 5.18. The highest BCUT2D eigenvalue weighted by atomic mass is 32.1. The first-order valence-corrected chi connectivity index (χ1v) is 11.2. The lowest BCUT2D eigenvalue weighted by Gasteiger charge is -2.20. The number of carbonyl (C=O) groups is 1. The van der Waals surface area contributed by atoms with Crippen LogP contribution in [0.4, 0.5) is 4.39 Å². The SMILES string of the molecule is CC(C)C(C(=O)OC(C#N)c1cccc(Oc2ccccc2)n1)c1cc2cc(F)ccc2s1. The highest BCUT2D eigenvalue weighted by Gasteiger charge is 2.31. The molecule has 0 spiro atoms. The maximum absolute atomic E-state index is 13.6. The van der Waals surface area contributed by atoms with E-state index in [9.17, 15) is 14.4 Å². The molecule has 2 unspecified atom stereocenters. The molecule has 166 valence electrons. The first-order valence-electron chi connectivity index (χ1n) is 10.4. The number of para-hydroxylation sites is 1. The maximum Gasteiger partial charge on any atom is 0.316 e. The number of fused-ring (bicyclic) bond motifs is 1. The summed E-state index contributed by atoms with van der Waals surface area (Å²) in [5.41, 5.74) is 0.278. The van der Waals surface area contributed by atoms with Gasteiger partial charge >= 0.3 is 5.97 Å². The predicted molar refractivity (Wildman–Crippen MR) is 125 cm³/mol. The summed E-state index contributed by atoms with van der Waals surface area (Å²) in [5.74, 6) is -0.639. The summed E-state index contributed by atoms with van der Waals surface area (Å²) in [6.07, 6.45) is -1.19. The minimum atomic E-state index is -1.19. The summed E-state index contributed by atoms with van der Waals surface area (Å²) in [4.78, 5) is 18.3. The summed E-state index contributed by atoms with van der Waals surface area (Å²) < 4.78 is 25.8. The Labute approximate surface area is 195 Å². The van der Waals surface area contributed by atoms with Crippen molar-refractivity contribution in [3.05, 3.63) is 89.2 Å². The topological polar surface area (TPSA) is 72.2 Å². The van der Waals surface area contributed by atoms with E-state index in [1.807, 2.05) is 44.2 Å². The zero-order valence-corrected chi connectivity index (χ0v) is 18.9. The van der Waals surface area contributed by atoms with Crippen LogP contribution < -0.4 is 4.74 Å². The van der Waals surface area contributed by atoms with E-state index in [4.69, 9.17) is 9.47 Å². The van der Waals surface area contributed by atoms with Crippen LogP contribution in [0.25, 0.3) is 10.1 Å². The smallest absolute Gasteiger partial charge is 0.316 e. The van der Waals surface area contributed by atoms with Gasteiger partial charge in [0, 0.05) is 15.6 Å². The van der Waals surface area contributed by atoms with Gasteiger partial charge in [0.15, 0.2) is 0 Å². The van der Waals surface area contributed by atoms with Crippen LogP contribution in [-0.4, -0.2) is 11.0 Å². The lowest BCUT2D eigenvalue weighted by molar-refractivity contribution is -0.150. The first kappa shape index (κ1) is 22.4. The molecular formula is C26H21FN2O3S. The Morgan fingerprint density at radius 2 is 1.85 bits per heavy atom. The van der Waals surface area contributed by atoms with Gasteiger partial charge in [0.1, 0.15) is 17.6 Å². The molecule has 0 saturated carbocycles. The number of ether oxygens (including phenoxy) is 2. The molecule has 0 saturated heterocycles. The van der Waals surface area contributed by atoms with E-state index >= 15 is 0 Å². The van der Waals surface area contributed by atoms with Crippen molar-refractivity contribution in [1.82, 2.24) is 4.98 Å². The number of benzene rings is 2. The van der Waals surface area contributed by atoms with Crippen molar-refractivity contribution in [3.63, 3.8) is 0 Å². The van der Waals surface area contributed by atoms with Gasteiger partial charge in [-0.25, -0.2) is 9.37 Å². The van der Waals surface area contributed by atoms with E-state index in [1.165, 1.54) is 23.5 Å². The van der Waals surface area contributed by atoms with Crippen molar-refractivity contribution in [1.29, 1.82) is 5.26 Å². The fourth-order valence-electron chi connectivity index (χ4n) is 3.49. The number of nitriles is 1. The van der Waals surface area contributed by atoms with Gasteiger partial charge in [-0.15, -0.1) is 11.3 Å². The number of esters is 1. The number of hydrogen-bond acceptors (Lipinski definition) is 6. The Kier molecular flexibility index (Phi) is 6.66. The quantitative estimate of drug-likeness (QED) is 0.284. The fraction of sp³-hybridized carbons (Fsp3) is 0.192. The zero-order valence-electron chi connectivity index (χ0n) is 18.1. The average molecular weight is 461 g/mol. The standard InChI is InChI=1S/C26H21FN2O3S/c1-16(2)25(23-14-17-13-18(27)11-12-22(17)33-23)26(30)32-21(15-28)20-9-6-10-24(29-20)31-19-7-4-3-5-8-19/h3-14,16,21,25H,1-2H3. The van der Waals surface area contributed by atoms with Crippen molar-refractivity contribution < 1.29 is 18.7 Å². The molecule has 0 N–H and O–H groups in total. The van der Waals surface area contributed by atoms with Gasteiger partial charge in [-0.3, -0.25) is 4.79 Å². The lowest BCUT2D eigenvalue weighted by Crippen LogP contribution is -2.22. The van der Waals surface area contributed by atoms with Crippen molar-refractivity contribution in [2.24, 2.45) is 5.92 Å². The Balaban J connectivity index is 1.55. The molecule has 2 aromatic heterocycles. The molecule has 0 aliphatic rings. The van der Waals surface area contributed by atoms with Gasteiger partial charge in [0.05, 0.1) is 11.6 Å². The summed E-state index contributed by atoms with van der Waals surface area (Å²) in [6, 6.07) is 22.5. The number of halogens is 1. The van der Waals surface area contributed by atoms with Crippen LogP contribution in [0.3, 0.4) is 0 Å². The van der Waals surface area contributed by atoms with Crippen LogP contribution in [0.1, 0.15) is 36.4 Å². The van der Waals surface area contributed by atoms with Gasteiger partial charge < -0.3 is 9.47 Å². The van der Waals surface area contributed by atoms with Crippen LogP contribution in [-0.2, 0) is 9.53 Å². The molecule has 7 heteroatoms. The van der Waals surface area contributed by atoms with E-state index in [-0.39, 0.29) is 17.4 Å². The number of aromatic nitrogens is 1. The van der Waals surface area contributed by atoms with Crippen molar-refractivity contribution in [2.75, 3.05) is 0 Å². The van der Waals surface area contributed by atoms with Gasteiger partial charge in [-0.1, -0.05) is 38.1 Å². The lowest BCUT2D eigenvalue weighted by atomic mass is 9.94. The molecule has 4 rings (SSSR count). The molecule has 0 fully saturated rings. The minimum absolute atomic E-state index is 0.0875. The Hall–Kier alpha value is -3.76. The monoisotopic (exact) mass is 460 g/mol. The number of nitrogens with zero attached hydrogens (tertiary/aromatic N) is 2. The molecule has 0 aliphatic carbocycles. The summed E-state index contributed by atoms with van der Waals surface area (Å²) in [5, 5.41) is 10.4. The summed E-state index contributed by atoms with van der Waals surface area (Å²) >= 11 is 1.42. The van der Waals surface area contributed by atoms with E-state index in [0.717, 1.165) is 15.0 Å². The fourth-order valence-corrected chi connectivity index (χ4v) is 4.80. The summed E-state index contributed by atoms with van der Waals surface area (Å²) in [7, 11) is 0. The second-order valence-corrected chi connectivity index (χ2v) is 8.93. The molecule has 0 aliphatic heterocycles. The van der Waals surface area contributed by atoms with E-state index in [1.54, 1.807) is 36.4 Å². The molecule has 2 heterocycles. The third-order valence-corrected chi connectivity index (χ3v) is 6.25. The molecule has 2 aromatic carbocycles. The van der Waals surface area contributed by atoms with Crippen LogP contribution in [0.2, 0.25) is 0 Å². The van der Waals surface area contributed by atoms with E-state index in [2.05, 4.69) is 4.98 Å². The van der Waals surface area contributed by atoms with Crippen LogP contribution >= 0.6 is 11.3 Å². The largest absolute Gasteiger partial charge is 0.440 e. The molecule has 5 nitrogen and oxygen atoms in total. The number of rotatable bonds is 7. The third-order valence-electron chi connectivity index (χ3n) is 5.06. The maximum atomic E-state index is 13.6. The van der Waals surface area contributed by atoms with E-state index in [0.29, 0.717) is 11.6 Å². The highest BCUT2D eigenvalue weighted by Crippen LogP contribution is 2.37. The molecule has 0 radical (unpaired) electrons. The predicted octanol–water partition coefficient (Wildman–Crippen LogP) is 6.78. The number of carbonyl (C=O) groups excluding carboxylic acids is 1. The molecule has 33 heavy (non-hydrogen) atoms. The van der Waals surface area contributed by atoms with E-state index < -0.39 is 18.0 Å². The van der Waals surface area contributed by atoms with Gasteiger partial charge in [-0.2, -0.15) is 5.26 Å². The van der Waals surface area contributed by atoms with Gasteiger partial charge in [-0.05, 0) is 53.8 Å². The number of pyridine rings is 1. The zero-order chi connectivity index (χ0) is 23.4. The molecule has 2 atom stereocenters. The number of thiophene rings is 1. The van der Waals surface area contributed by atoms with Crippen LogP contribution in [0, 0.1) is 23.1 Å². The molecule has 4 aromatic rings.